The maximum Gasteiger partial charge on any atom is 0.340 e. The molecule has 0 radical (unpaired) electrons. The Labute approximate surface area is 187 Å². The number of aliphatic carboxylic acids is 1. The highest BCUT2D eigenvalue weighted by Gasteiger charge is 2.41. The molecule has 1 atom stereocenters. The first-order valence-corrected chi connectivity index (χ1v) is 11.3. The van der Waals surface area contributed by atoms with Crippen LogP contribution in [0.3, 0.4) is 0 Å². The summed E-state index contributed by atoms with van der Waals surface area (Å²) >= 11 is 0.808. The van der Waals surface area contributed by atoms with Gasteiger partial charge in [-0.25, -0.2) is 13.2 Å². The van der Waals surface area contributed by atoms with Crippen molar-refractivity contribution in [3.05, 3.63) is 52.2 Å². The van der Waals surface area contributed by atoms with Crippen LogP contribution in [0.25, 0.3) is 0 Å². The van der Waals surface area contributed by atoms with Crippen molar-refractivity contribution >= 4 is 45.0 Å². The molecule has 2 rings (SSSR count). The van der Waals surface area contributed by atoms with Crippen molar-refractivity contribution in [2.45, 2.75) is 17.0 Å². The zero-order valence-electron chi connectivity index (χ0n) is 16.6. The Morgan fingerprint density at radius 2 is 1.69 bits per heavy atom. The third kappa shape index (κ3) is 6.58. The quantitative estimate of drug-likeness (QED) is 0.0762. The van der Waals surface area contributed by atoms with Gasteiger partial charge in [-0.15, -0.1) is 11.3 Å². The molecular weight excluding hydrogens is 460 g/mol. The molecule has 0 saturated carbocycles. The van der Waals surface area contributed by atoms with Crippen LogP contribution < -0.4 is 27.2 Å². The van der Waals surface area contributed by atoms with Gasteiger partial charge in [-0.3, -0.25) is 14.6 Å². The van der Waals surface area contributed by atoms with Gasteiger partial charge in [0.15, 0.2) is 17.4 Å². The summed E-state index contributed by atoms with van der Waals surface area (Å²) in [5.74, 6) is -3.09. The molecule has 0 aliphatic heterocycles. The smallest absolute Gasteiger partial charge is 0.340 e. The van der Waals surface area contributed by atoms with E-state index in [-0.39, 0.29) is 33.7 Å². The van der Waals surface area contributed by atoms with E-state index in [1.807, 2.05) is 4.72 Å². The molecule has 9 N–H and O–H groups in total. The van der Waals surface area contributed by atoms with Crippen molar-refractivity contribution in [1.29, 1.82) is 0 Å². The molecule has 32 heavy (non-hydrogen) atoms. The molecule has 0 aliphatic rings. The minimum Gasteiger partial charge on any atom is -0.479 e. The number of thiophene rings is 1. The summed E-state index contributed by atoms with van der Waals surface area (Å²) in [6.45, 7) is 0.325. The van der Waals surface area contributed by atoms with Crippen LogP contribution in [0.1, 0.15) is 25.8 Å². The maximum absolute atomic E-state index is 12.6. The number of carboxylic acids is 1. The van der Waals surface area contributed by atoms with Gasteiger partial charge in [-0.05, 0) is 24.3 Å². The first-order chi connectivity index (χ1) is 14.9. The Morgan fingerprint density at radius 1 is 1.06 bits per heavy atom. The number of carboxylic acid groups (broad SMARTS) is 1. The minimum absolute atomic E-state index is 0.0364. The molecule has 2 aromatic rings. The lowest BCUT2D eigenvalue weighted by Gasteiger charge is -2.25. The summed E-state index contributed by atoms with van der Waals surface area (Å²) < 4.78 is 26.9. The summed E-state index contributed by atoms with van der Waals surface area (Å²) in [5.41, 5.74) is 13.5. The summed E-state index contributed by atoms with van der Waals surface area (Å²) in [5, 5.41) is 12.1. The normalized spacial score (nSPS) is 13.0. The predicted octanol–water partition coefficient (Wildman–Crippen LogP) is -0.958. The second-order valence-electron chi connectivity index (χ2n) is 6.52. The van der Waals surface area contributed by atoms with E-state index in [9.17, 15) is 27.9 Å². The van der Waals surface area contributed by atoms with Gasteiger partial charge < -0.3 is 27.6 Å². The van der Waals surface area contributed by atoms with Gasteiger partial charge in [-0.1, -0.05) is 18.2 Å². The lowest BCUT2D eigenvalue weighted by atomic mass is 10.0. The Morgan fingerprint density at radius 3 is 2.28 bits per heavy atom. The van der Waals surface area contributed by atoms with Crippen LogP contribution in [0.2, 0.25) is 0 Å². The highest BCUT2D eigenvalue weighted by atomic mass is 32.2. The fourth-order valence-electron chi connectivity index (χ4n) is 2.45. The number of ketones is 1. The average molecular weight is 483 g/mol. The molecule has 0 aliphatic carbocycles. The number of nitrogens with two attached hydrogens (primary N) is 3. The third-order valence-electron chi connectivity index (χ3n) is 3.99. The largest absolute Gasteiger partial charge is 0.479 e. The fraction of sp³-hybridized carbons (Fsp3) is 0.222. The Kier molecular flexibility index (Phi) is 8.04. The average Bonchev–Trinajstić information content (AvgIpc) is 3.21. The zero-order chi connectivity index (χ0) is 23.9. The van der Waals surface area contributed by atoms with Crippen LogP contribution >= 0.6 is 11.3 Å². The van der Waals surface area contributed by atoms with Gasteiger partial charge in [0.05, 0.1) is 27.6 Å². The van der Waals surface area contributed by atoms with E-state index in [1.165, 1.54) is 36.4 Å². The number of rotatable bonds is 11. The van der Waals surface area contributed by atoms with E-state index in [0.717, 1.165) is 11.3 Å². The molecule has 0 saturated heterocycles. The number of amides is 1. The van der Waals surface area contributed by atoms with Gasteiger partial charge >= 0.3 is 5.97 Å². The summed E-state index contributed by atoms with van der Waals surface area (Å²) in [7, 11) is -4.32. The number of sulfonamides is 1. The van der Waals surface area contributed by atoms with Gasteiger partial charge in [0.25, 0.3) is 5.91 Å². The van der Waals surface area contributed by atoms with E-state index in [0.29, 0.717) is 0 Å². The van der Waals surface area contributed by atoms with Gasteiger partial charge in [-0.2, -0.15) is 4.72 Å². The second-order valence-corrected chi connectivity index (χ2v) is 9.29. The first-order valence-electron chi connectivity index (χ1n) is 9.02. The van der Waals surface area contributed by atoms with Crippen molar-refractivity contribution in [3.63, 3.8) is 0 Å². The van der Waals surface area contributed by atoms with Crippen LogP contribution in [0.15, 0.2) is 52.4 Å². The predicted molar refractivity (Wildman–Crippen MR) is 118 cm³/mol. The molecule has 14 heteroatoms. The Hall–Kier alpha value is -3.33. The molecule has 12 nitrogen and oxygen atoms in total. The van der Waals surface area contributed by atoms with E-state index in [4.69, 9.17) is 17.2 Å². The number of guanidine groups is 1. The highest BCUT2D eigenvalue weighted by Crippen LogP contribution is 2.21. The van der Waals surface area contributed by atoms with Crippen LogP contribution in [-0.2, 0) is 14.8 Å². The van der Waals surface area contributed by atoms with E-state index in [1.54, 1.807) is 6.07 Å². The Bertz CT molecular complexity index is 1130. The number of Topliss-reactive ketones (excluding diaryl/α,β-unsaturated/α-hetero) is 1. The number of carbonyl (C=O) groups is 3. The monoisotopic (exact) mass is 482 g/mol. The fourth-order valence-corrected chi connectivity index (χ4v) is 4.58. The van der Waals surface area contributed by atoms with Crippen molar-refractivity contribution in [2.75, 3.05) is 13.1 Å². The molecular formula is C18H22N6O6S2. The van der Waals surface area contributed by atoms with E-state index >= 15 is 0 Å². The topological polar surface area (TPSA) is 220 Å². The number of hydrogen-bond acceptors (Lipinski definition) is 8. The van der Waals surface area contributed by atoms with Crippen LogP contribution in [0.5, 0.6) is 0 Å². The third-order valence-corrected chi connectivity index (χ3v) is 6.64. The summed E-state index contributed by atoms with van der Waals surface area (Å²) in [4.78, 5) is 40.2. The van der Waals surface area contributed by atoms with Crippen molar-refractivity contribution in [1.82, 2.24) is 10.0 Å². The number of nitrogens with one attached hydrogen (secondary N) is 2. The van der Waals surface area contributed by atoms with E-state index < -0.39 is 39.8 Å². The minimum atomic E-state index is -4.32. The van der Waals surface area contributed by atoms with Crippen molar-refractivity contribution < 1.29 is 27.9 Å². The number of nitrogens with zero attached hydrogens (tertiary/aromatic N) is 1. The number of aliphatic imine (C=N–C) groups is 1. The van der Waals surface area contributed by atoms with Gasteiger partial charge in [0, 0.05) is 6.54 Å². The number of hydrogen-bond donors (Lipinski definition) is 6. The van der Waals surface area contributed by atoms with Gasteiger partial charge in [0.1, 0.15) is 0 Å². The number of benzene rings is 1. The van der Waals surface area contributed by atoms with Crippen molar-refractivity contribution in [3.8, 4) is 0 Å². The van der Waals surface area contributed by atoms with Crippen LogP contribution in [0.4, 0.5) is 0 Å². The molecule has 1 aromatic carbocycles. The zero-order valence-corrected chi connectivity index (χ0v) is 18.3. The maximum atomic E-state index is 12.6. The second kappa shape index (κ2) is 10.3. The van der Waals surface area contributed by atoms with E-state index in [2.05, 4.69) is 10.3 Å². The summed E-state index contributed by atoms with van der Waals surface area (Å²) in [6, 6.07) is 9.70. The standard InChI is InChI=1S/C18H22N6O6S2/c19-17(20)23-9-8-22-15(26)14-7-6-13(31-14)12(25)10-18(21,16(27)28)24-32(29,30)11-4-2-1-3-5-11/h1-7,24H,8-10,21H2,(H,22,26)(H,27,28)(H4,19,20,23)/t18-/m0/s1. The number of carbonyl (C=O) groups excluding carboxylic acids is 2. The van der Waals surface area contributed by atoms with Gasteiger partial charge in [0.2, 0.25) is 10.0 Å². The van der Waals surface area contributed by atoms with Crippen LogP contribution in [0, 0.1) is 0 Å². The van der Waals surface area contributed by atoms with Crippen molar-refractivity contribution in [2.24, 2.45) is 22.2 Å². The molecule has 0 bridgehead atoms. The lowest BCUT2D eigenvalue weighted by molar-refractivity contribution is -0.143. The lowest BCUT2D eigenvalue weighted by Crippen LogP contribution is -2.62. The molecule has 0 fully saturated rings. The molecule has 1 amide bonds. The molecule has 1 heterocycles. The molecule has 0 spiro atoms. The highest BCUT2D eigenvalue weighted by molar-refractivity contribution is 7.89. The summed E-state index contributed by atoms with van der Waals surface area (Å²) in [6.07, 6.45) is -0.875. The molecule has 1 aromatic heterocycles. The molecule has 0 unspecified atom stereocenters. The first kappa shape index (κ1) is 24.9. The molecule has 172 valence electrons. The van der Waals surface area contributed by atoms with Crippen LogP contribution in [-0.4, -0.2) is 55.9 Å². The Balaban J connectivity index is 2.11. The SMILES string of the molecule is NC(N)=NCCNC(=O)c1ccc(C(=O)C[C@](N)(NS(=O)(=O)c2ccccc2)C(=O)O)s1.